The van der Waals surface area contributed by atoms with Crippen LogP contribution in [0.5, 0.6) is 0 Å². The van der Waals surface area contributed by atoms with Gasteiger partial charge in [0.15, 0.2) is 17.3 Å². The lowest BCUT2D eigenvalue weighted by molar-refractivity contribution is -0.137. The maximum atomic E-state index is 12.6. The van der Waals surface area contributed by atoms with Crippen molar-refractivity contribution in [1.29, 1.82) is 0 Å². The molecule has 0 atom stereocenters. The second kappa shape index (κ2) is 6.28. The Morgan fingerprint density at radius 2 is 1.61 bits per heavy atom. The van der Waals surface area contributed by atoms with E-state index in [1.807, 2.05) is 0 Å². The molecule has 0 saturated carbocycles. The predicted molar refractivity (Wildman–Crippen MR) is 77.5 cm³/mol. The first kappa shape index (κ1) is 16.8. The summed E-state index contributed by atoms with van der Waals surface area (Å²) in [4.78, 5) is 24.9. The number of furan rings is 1. The number of alkyl halides is 3. The fraction of sp³-hybridized carbons (Fsp3) is 0.250. The van der Waals surface area contributed by atoms with Crippen LogP contribution in [0.15, 0.2) is 40.8 Å². The van der Waals surface area contributed by atoms with Crippen molar-refractivity contribution in [3.63, 3.8) is 0 Å². The molecule has 0 N–H and O–H groups in total. The summed E-state index contributed by atoms with van der Waals surface area (Å²) in [5, 5.41) is 0. The second-order valence-corrected chi connectivity index (χ2v) is 4.81. The van der Waals surface area contributed by atoms with Gasteiger partial charge in [0, 0.05) is 19.2 Å². The number of nitrogens with zero attached hydrogens (tertiary/aromatic N) is 1. The molecule has 0 bridgehead atoms. The summed E-state index contributed by atoms with van der Waals surface area (Å²) in [6.07, 6.45) is -4.43. The summed E-state index contributed by atoms with van der Waals surface area (Å²) in [5.41, 5.74) is -0.479. The van der Waals surface area contributed by atoms with Gasteiger partial charge < -0.3 is 9.32 Å². The molecular weight excluding hydrogens is 311 g/mol. The van der Waals surface area contributed by atoms with Crippen LogP contribution in [-0.2, 0) is 6.18 Å². The summed E-state index contributed by atoms with van der Waals surface area (Å²) in [7, 11) is 0. The molecule has 0 radical (unpaired) electrons. The topological polar surface area (TPSA) is 50.5 Å². The molecule has 1 amide bonds. The summed E-state index contributed by atoms with van der Waals surface area (Å²) >= 11 is 0. The molecule has 1 aromatic heterocycles. The molecule has 0 aliphatic heterocycles. The highest BCUT2D eigenvalue weighted by molar-refractivity contribution is 6.05. The van der Waals surface area contributed by atoms with Crippen LogP contribution in [-0.4, -0.2) is 18.2 Å². The Bertz CT molecular complexity index is 717. The number of carbonyl (C=O) groups excluding carboxylic acids is 2. The molecule has 0 aliphatic carbocycles. The van der Waals surface area contributed by atoms with Gasteiger partial charge >= 0.3 is 6.18 Å². The third-order valence-electron chi connectivity index (χ3n) is 3.23. The van der Waals surface area contributed by atoms with Crippen LogP contribution in [0.25, 0.3) is 0 Å². The first-order valence-electron chi connectivity index (χ1n) is 6.84. The Balaban J connectivity index is 2.27. The molecule has 122 valence electrons. The Morgan fingerprint density at radius 1 is 1.04 bits per heavy atom. The quantitative estimate of drug-likeness (QED) is 0.793. The highest BCUT2D eigenvalue weighted by atomic mass is 19.4. The number of hydrogen-bond acceptors (Lipinski definition) is 3. The highest BCUT2D eigenvalue weighted by Gasteiger charge is 2.30. The van der Waals surface area contributed by atoms with E-state index < -0.39 is 17.6 Å². The van der Waals surface area contributed by atoms with Crippen molar-refractivity contribution in [2.45, 2.75) is 20.0 Å². The Labute approximate surface area is 130 Å². The number of rotatable bonds is 4. The lowest BCUT2D eigenvalue weighted by atomic mass is 10.2. The summed E-state index contributed by atoms with van der Waals surface area (Å²) < 4.78 is 42.9. The van der Waals surface area contributed by atoms with E-state index >= 15 is 0 Å². The third-order valence-corrected chi connectivity index (χ3v) is 3.23. The van der Waals surface area contributed by atoms with Crippen LogP contribution in [0.4, 0.5) is 18.9 Å². The van der Waals surface area contributed by atoms with Gasteiger partial charge in [-0.05, 0) is 43.3 Å². The normalized spacial score (nSPS) is 11.3. The summed E-state index contributed by atoms with van der Waals surface area (Å²) in [6.45, 7) is 3.23. The smallest absolute Gasteiger partial charge is 0.416 e. The number of Topliss-reactive ketones (excluding diaryl/α,β-unsaturated/α-hetero) is 1. The third kappa shape index (κ3) is 3.61. The maximum absolute atomic E-state index is 12.6. The number of carbonyl (C=O) groups is 2. The zero-order valence-electron chi connectivity index (χ0n) is 12.5. The minimum absolute atomic E-state index is 0.0445. The van der Waals surface area contributed by atoms with Gasteiger partial charge in [0.05, 0.1) is 5.56 Å². The van der Waals surface area contributed by atoms with E-state index in [1.165, 1.54) is 36.1 Å². The zero-order chi connectivity index (χ0) is 17.2. The van der Waals surface area contributed by atoms with Gasteiger partial charge in [0.1, 0.15) is 0 Å². The molecule has 23 heavy (non-hydrogen) atoms. The molecule has 0 fully saturated rings. The highest BCUT2D eigenvalue weighted by Crippen LogP contribution is 2.30. The zero-order valence-corrected chi connectivity index (χ0v) is 12.5. The first-order chi connectivity index (χ1) is 10.7. The molecule has 1 aromatic carbocycles. The van der Waals surface area contributed by atoms with Gasteiger partial charge in [-0.2, -0.15) is 13.2 Å². The minimum atomic E-state index is -4.43. The van der Waals surface area contributed by atoms with Crippen LogP contribution in [0.3, 0.4) is 0 Å². The van der Waals surface area contributed by atoms with Crippen LogP contribution in [0.2, 0.25) is 0 Å². The number of ketones is 1. The van der Waals surface area contributed by atoms with E-state index in [0.29, 0.717) is 5.69 Å². The second-order valence-electron chi connectivity index (χ2n) is 4.81. The standard InChI is InChI=1S/C16H14F3NO3/c1-3-20(12-6-4-11(5-7-12)16(17,18)19)15(22)14-9-8-13(23-14)10(2)21/h4-9H,3H2,1-2H3. The minimum Gasteiger partial charge on any atom is -0.448 e. The maximum Gasteiger partial charge on any atom is 0.416 e. The van der Waals surface area contributed by atoms with Gasteiger partial charge in [0.2, 0.25) is 0 Å². The number of halogens is 3. The van der Waals surface area contributed by atoms with Crippen molar-refractivity contribution < 1.29 is 27.2 Å². The van der Waals surface area contributed by atoms with Crippen molar-refractivity contribution in [2.24, 2.45) is 0 Å². The van der Waals surface area contributed by atoms with Gasteiger partial charge in [-0.15, -0.1) is 0 Å². The van der Waals surface area contributed by atoms with E-state index in [1.54, 1.807) is 6.92 Å². The van der Waals surface area contributed by atoms with E-state index in [4.69, 9.17) is 4.42 Å². The molecule has 0 unspecified atom stereocenters. The molecule has 2 aromatic rings. The van der Waals surface area contributed by atoms with Crippen LogP contribution < -0.4 is 4.90 Å². The van der Waals surface area contributed by atoms with Gasteiger partial charge in [-0.25, -0.2) is 0 Å². The lowest BCUT2D eigenvalue weighted by Crippen LogP contribution is -2.30. The number of benzene rings is 1. The van der Waals surface area contributed by atoms with E-state index in [9.17, 15) is 22.8 Å². The number of hydrogen-bond donors (Lipinski definition) is 0. The van der Waals surface area contributed by atoms with Crippen LogP contribution in [0, 0.1) is 0 Å². The molecular formula is C16H14F3NO3. The van der Waals surface area contributed by atoms with E-state index in [-0.39, 0.29) is 23.8 Å². The Hall–Kier alpha value is -2.57. The Kier molecular flexibility index (Phi) is 4.58. The van der Waals surface area contributed by atoms with Crippen molar-refractivity contribution in [2.75, 3.05) is 11.4 Å². The van der Waals surface area contributed by atoms with Crippen molar-refractivity contribution in [3.05, 3.63) is 53.5 Å². The van der Waals surface area contributed by atoms with Gasteiger partial charge in [-0.1, -0.05) is 0 Å². The van der Waals surface area contributed by atoms with Crippen molar-refractivity contribution in [3.8, 4) is 0 Å². The summed E-state index contributed by atoms with van der Waals surface area (Å²) in [5.74, 6) is -0.838. The monoisotopic (exact) mass is 325 g/mol. The lowest BCUT2D eigenvalue weighted by Gasteiger charge is -2.20. The molecule has 4 nitrogen and oxygen atoms in total. The Morgan fingerprint density at radius 3 is 2.04 bits per heavy atom. The van der Waals surface area contributed by atoms with Crippen LogP contribution >= 0.6 is 0 Å². The molecule has 0 spiro atoms. The van der Waals surface area contributed by atoms with Gasteiger partial charge in [0.25, 0.3) is 5.91 Å². The molecule has 7 heteroatoms. The first-order valence-corrected chi connectivity index (χ1v) is 6.84. The fourth-order valence-electron chi connectivity index (χ4n) is 2.05. The fourth-order valence-corrected chi connectivity index (χ4v) is 2.05. The predicted octanol–water partition coefficient (Wildman–Crippen LogP) is 4.17. The number of anilines is 1. The van der Waals surface area contributed by atoms with Crippen LogP contribution in [0.1, 0.15) is 40.5 Å². The van der Waals surface area contributed by atoms with E-state index in [0.717, 1.165) is 12.1 Å². The van der Waals surface area contributed by atoms with Gasteiger partial charge in [-0.3, -0.25) is 9.59 Å². The molecule has 1 heterocycles. The summed E-state index contributed by atoms with van der Waals surface area (Å²) in [6, 6.07) is 7.02. The van der Waals surface area contributed by atoms with E-state index in [2.05, 4.69) is 0 Å². The molecule has 2 rings (SSSR count). The molecule has 0 saturated heterocycles. The van der Waals surface area contributed by atoms with Crippen molar-refractivity contribution in [1.82, 2.24) is 0 Å². The average Bonchev–Trinajstić information content (AvgIpc) is 2.97. The number of amides is 1. The largest absolute Gasteiger partial charge is 0.448 e. The SMILES string of the molecule is CCN(C(=O)c1ccc(C(C)=O)o1)c1ccc(C(F)(F)F)cc1. The average molecular weight is 325 g/mol. The molecule has 0 aliphatic rings. The van der Waals surface area contributed by atoms with Crippen molar-refractivity contribution >= 4 is 17.4 Å².